The summed E-state index contributed by atoms with van der Waals surface area (Å²) in [4.78, 5) is 34.2. The molecule has 3 rings (SSSR count). The van der Waals surface area contributed by atoms with Gasteiger partial charge >= 0.3 is 6.09 Å². The van der Waals surface area contributed by atoms with E-state index < -0.39 is 0 Å². The average Bonchev–Trinajstić information content (AvgIpc) is 2.56. The molecule has 7 nitrogen and oxygen atoms in total. The molecule has 0 aliphatic carbocycles. The molecule has 1 saturated heterocycles. The van der Waals surface area contributed by atoms with Crippen LogP contribution in [0.1, 0.15) is 12.7 Å². The van der Waals surface area contributed by atoms with Crippen LogP contribution >= 0.6 is 0 Å². The third-order valence-corrected chi connectivity index (χ3v) is 4.08. The van der Waals surface area contributed by atoms with Crippen molar-refractivity contribution >= 4 is 17.0 Å². The number of piperazine rings is 1. The van der Waals surface area contributed by atoms with Crippen LogP contribution in [0.25, 0.3) is 10.9 Å². The standard InChI is InChI=1S/C16H20N4O3/c1-2-23-16(22)20-9-7-19(8-10-20)11-14-17-13-6-4-3-5-12(13)15(21)18-14/h3-6H,2,7-11H2,1H3,(H,17,18,21)/p+1. The van der Waals surface area contributed by atoms with Gasteiger partial charge in [-0.05, 0) is 19.1 Å². The molecule has 0 saturated carbocycles. The maximum atomic E-state index is 12.1. The lowest BCUT2D eigenvalue weighted by Crippen LogP contribution is -3.13. The number of nitrogens with zero attached hydrogens (tertiary/aromatic N) is 2. The molecule has 0 radical (unpaired) electrons. The van der Waals surface area contributed by atoms with Gasteiger partial charge in [0, 0.05) is 0 Å². The van der Waals surface area contributed by atoms with Crippen molar-refractivity contribution in [3.8, 4) is 0 Å². The van der Waals surface area contributed by atoms with Crippen molar-refractivity contribution in [2.45, 2.75) is 13.5 Å². The Balaban J connectivity index is 1.65. The Morgan fingerprint density at radius 1 is 1.35 bits per heavy atom. The van der Waals surface area contributed by atoms with Crippen molar-refractivity contribution in [3.05, 3.63) is 40.4 Å². The van der Waals surface area contributed by atoms with Gasteiger partial charge in [-0.2, -0.15) is 0 Å². The summed E-state index contributed by atoms with van der Waals surface area (Å²) < 4.78 is 5.02. The van der Waals surface area contributed by atoms with E-state index in [1.165, 1.54) is 4.90 Å². The monoisotopic (exact) mass is 317 g/mol. The molecule has 1 aromatic carbocycles. The average molecular weight is 317 g/mol. The number of amides is 1. The van der Waals surface area contributed by atoms with Crippen LogP contribution < -0.4 is 10.5 Å². The SMILES string of the molecule is CCOC(=O)N1CC[NH+](Cc2nc3ccccc3c(=O)[nH]2)CC1. The first-order valence-corrected chi connectivity index (χ1v) is 7.90. The highest BCUT2D eigenvalue weighted by atomic mass is 16.6. The first-order chi connectivity index (χ1) is 11.2. The summed E-state index contributed by atoms with van der Waals surface area (Å²) in [6, 6.07) is 7.33. The number of H-pyrrole nitrogens is 1. The maximum absolute atomic E-state index is 12.1. The number of hydrogen-bond acceptors (Lipinski definition) is 4. The topological polar surface area (TPSA) is 79.7 Å². The van der Waals surface area contributed by atoms with E-state index in [4.69, 9.17) is 4.74 Å². The molecular formula is C16H21N4O3+. The molecule has 1 aromatic heterocycles. The lowest BCUT2D eigenvalue weighted by molar-refractivity contribution is -0.918. The number of benzene rings is 1. The van der Waals surface area contributed by atoms with Gasteiger partial charge in [-0.25, -0.2) is 9.78 Å². The van der Waals surface area contributed by atoms with E-state index in [1.807, 2.05) is 18.2 Å². The second-order valence-electron chi connectivity index (χ2n) is 5.64. The fourth-order valence-electron chi connectivity index (χ4n) is 2.85. The number of carbonyl (C=O) groups is 1. The Morgan fingerprint density at radius 2 is 2.09 bits per heavy atom. The van der Waals surface area contributed by atoms with Crippen LogP contribution in [0.4, 0.5) is 4.79 Å². The number of aromatic nitrogens is 2. The van der Waals surface area contributed by atoms with Gasteiger partial charge in [-0.1, -0.05) is 12.1 Å². The number of para-hydroxylation sites is 1. The van der Waals surface area contributed by atoms with E-state index in [0.717, 1.165) is 18.6 Å². The molecule has 122 valence electrons. The summed E-state index contributed by atoms with van der Waals surface area (Å²) in [5.74, 6) is 0.688. The van der Waals surface area contributed by atoms with Crippen LogP contribution in [0.2, 0.25) is 0 Å². The third-order valence-electron chi connectivity index (χ3n) is 4.08. The number of aromatic amines is 1. The summed E-state index contributed by atoms with van der Waals surface area (Å²) in [6.07, 6.45) is -0.246. The molecule has 0 unspecified atom stereocenters. The zero-order chi connectivity index (χ0) is 16.2. The number of ether oxygens (including phenoxy) is 1. The number of hydrogen-bond donors (Lipinski definition) is 2. The number of rotatable bonds is 3. The molecule has 1 aliphatic heterocycles. The number of nitrogens with one attached hydrogen (secondary N) is 2. The lowest BCUT2D eigenvalue weighted by Gasteiger charge is -2.31. The highest BCUT2D eigenvalue weighted by Crippen LogP contribution is 2.05. The van der Waals surface area contributed by atoms with Crippen LogP contribution in [0.15, 0.2) is 29.1 Å². The Morgan fingerprint density at radius 3 is 2.83 bits per heavy atom. The second-order valence-corrected chi connectivity index (χ2v) is 5.64. The molecule has 1 fully saturated rings. The predicted octanol–water partition coefficient (Wildman–Crippen LogP) is -0.220. The van der Waals surface area contributed by atoms with Crippen molar-refractivity contribution in [1.82, 2.24) is 14.9 Å². The molecule has 23 heavy (non-hydrogen) atoms. The number of quaternary nitrogens is 1. The third kappa shape index (κ3) is 3.50. The van der Waals surface area contributed by atoms with E-state index in [1.54, 1.807) is 17.9 Å². The van der Waals surface area contributed by atoms with E-state index >= 15 is 0 Å². The number of carbonyl (C=O) groups excluding carboxylic acids is 1. The lowest BCUT2D eigenvalue weighted by atomic mass is 10.2. The Kier molecular flexibility index (Phi) is 4.57. The highest BCUT2D eigenvalue weighted by molar-refractivity contribution is 5.77. The molecule has 2 heterocycles. The van der Waals surface area contributed by atoms with Gasteiger partial charge in [0.05, 0.1) is 43.7 Å². The minimum absolute atomic E-state index is 0.102. The van der Waals surface area contributed by atoms with Crippen molar-refractivity contribution in [2.24, 2.45) is 0 Å². The van der Waals surface area contributed by atoms with Crippen LogP contribution in [0, 0.1) is 0 Å². The molecule has 2 aromatic rings. The molecule has 1 amide bonds. The van der Waals surface area contributed by atoms with Crippen LogP contribution in [0.5, 0.6) is 0 Å². The summed E-state index contributed by atoms with van der Waals surface area (Å²) in [5, 5.41) is 0.610. The summed E-state index contributed by atoms with van der Waals surface area (Å²) in [7, 11) is 0. The van der Waals surface area contributed by atoms with Crippen LogP contribution in [0.3, 0.4) is 0 Å². The van der Waals surface area contributed by atoms with Gasteiger partial charge in [0.2, 0.25) is 0 Å². The van der Waals surface area contributed by atoms with E-state index in [2.05, 4.69) is 9.97 Å². The van der Waals surface area contributed by atoms with Gasteiger partial charge in [-0.15, -0.1) is 0 Å². The van der Waals surface area contributed by atoms with Crippen molar-refractivity contribution < 1.29 is 14.4 Å². The molecule has 1 aliphatic rings. The molecule has 0 spiro atoms. The van der Waals surface area contributed by atoms with Gasteiger partial charge in [0.15, 0.2) is 5.82 Å². The van der Waals surface area contributed by atoms with Gasteiger partial charge in [0.25, 0.3) is 5.56 Å². The zero-order valence-corrected chi connectivity index (χ0v) is 13.2. The molecule has 0 bridgehead atoms. The summed E-state index contributed by atoms with van der Waals surface area (Å²) >= 11 is 0. The Hall–Kier alpha value is -2.41. The second kappa shape index (κ2) is 6.78. The quantitative estimate of drug-likeness (QED) is 0.820. The van der Waals surface area contributed by atoms with Crippen molar-refractivity contribution in [3.63, 3.8) is 0 Å². The summed E-state index contributed by atoms with van der Waals surface area (Å²) in [6.45, 7) is 5.80. The first kappa shape index (κ1) is 15.5. The normalized spacial score (nSPS) is 15.8. The van der Waals surface area contributed by atoms with E-state index in [-0.39, 0.29) is 11.7 Å². The highest BCUT2D eigenvalue weighted by Gasteiger charge is 2.25. The van der Waals surface area contributed by atoms with Gasteiger partial charge in [0.1, 0.15) is 6.54 Å². The summed E-state index contributed by atoms with van der Waals surface area (Å²) in [5.41, 5.74) is 0.617. The molecule has 0 atom stereocenters. The Labute approximate surface area is 133 Å². The minimum Gasteiger partial charge on any atom is -0.450 e. The zero-order valence-electron chi connectivity index (χ0n) is 13.2. The minimum atomic E-state index is -0.246. The first-order valence-electron chi connectivity index (χ1n) is 7.90. The molecule has 7 heteroatoms. The van der Waals surface area contributed by atoms with E-state index in [0.29, 0.717) is 37.5 Å². The van der Waals surface area contributed by atoms with Crippen LogP contribution in [-0.4, -0.2) is 53.7 Å². The van der Waals surface area contributed by atoms with Crippen molar-refractivity contribution in [2.75, 3.05) is 32.8 Å². The Bertz CT molecular complexity index is 750. The fourth-order valence-corrected chi connectivity index (χ4v) is 2.85. The fraction of sp³-hybridized carbons (Fsp3) is 0.438. The molecular weight excluding hydrogens is 296 g/mol. The van der Waals surface area contributed by atoms with Gasteiger partial charge in [-0.3, -0.25) is 9.69 Å². The van der Waals surface area contributed by atoms with Crippen LogP contribution in [-0.2, 0) is 11.3 Å². The largest absolute Gasteiger partial charge is 0.450 e. The predicted molar refractivity (Wildman–Crippen MR) is 85.4 cm³/mol. The number of fused-ring (bicyclic) bond motifs is 1. The van der Waals surface area contributed by atoms with Crippen molar-refractivity contribution in [1.29, 1.82) is 0 Å². The molecule has 2 N–H and O–H groups in total. The van der Waals surface area contributed by atoms with Gasteiger partial charge < -0.3 is 14.6 Å². The smallest absolute Gasteiger partial charge is 0.410 e. The maximum Gasteiger partial charge on any atom is 0.410 e. The van der Waals surface area contributed by atoms with E-state index in [9.17, 15) is 9.59 Å².